The average molecular weight is 497 g/mol. The highest BCUT2D eigenvalue weighted by molar-refractivity contribution is 5.91. The number of fused-ring (bicyclic) bond motifs is 1. The van der Waals surface area contributed by atoms with Gasteiger partial charge in [-0.2, -0.15) is 0 Å². The van der Waals surface area contributed by atoms with Crippen molar-refractivity contribution >= 4 is 22.3 Å². The Labute approximate surface area is 219 Å². The van der Waals surface area contributed by atoms with Gasteiger partial charge in [0.25, 0.3) is 0 Å². The number of aromatic hydroxyl groups is 1. The summed E-state index contributed by atoms with van der Waals surface area (Å²) in [5.41, 5.74) is 3.61. The van der Waals surface area contributed by atoms with Crippen molar-refractivity contribution in [1.82, 2.24) is 15.5 Å². The van der Waals surface area contributed by atoms with Crippen molar-refractivity contribution in [3.63, 3.8) is 0 Å². The van der Waals surface area contributed by atoms with E-state index in [9.17, 15) is 5.11 Å². The molecule has 0 spiro atoms. The number of phenolic OH excluding ortho intramolecular Hbond substituents is 1. The fourth-order valence-corrected chi connectivity index (χ4v) is 5.99. The van der Waals surface area contributed by atoms with E-state index in [0.29, 0.717) is 11.3 Å². The lowest BCUT2D eigenvalue weighted by molar-refractivity contribution is 0.162. The molecule has 1 aliphatic heterocycles. The van der Waals surface area contributed by atoms with E-state index in [1.807, 2.05) is 36.4 Å². The van der Waals surface area contributed by atoms with Crippen molar-refractivity contribution in [3.8, 4) is 22.8 Å². The zero-order valence-electron chi connectivity index (χ0n) is 22.5. The van der Waals surface area contributed by atoms with Crippen molar-refractivity contribution in [2.75, 3.05) is 12.0 Å². The Kier molecular flexibility index (Phi) is 6.32. The lowest BCUT2D eigenvalue weighted by Gasteiger charge is -2.50. The second-order valence-corrected chi connectivity index (χ2v) is 11.5. The van der Waals surface area contributed by atoms with Crippen LogP contribution < -0.4 is 15.0 Å². The molecule has 0 amide bonds. The maximum absolute atomic E-state index is 10.8. The molecule has 2 N–H and O–H groups in total. The number of hydrogen-bond donors (Lipinski definition) is 2. The largest absolute Gasteiger partial charge is 0.507 e. The molecule has 2 heterocycles. The summed E-state index contributed by atoms with van der Waals surface area (Å²) in [4.78, 5) is 2.35. The van der Waals surface area contributed by atoms with Gasteiger partial charge in [-0.3, -0.25) is 0 Å². The molecule has 0 saturated carbocycles. The molecule has 192 valence electrons. The van der Waals surface area contributed by atoms with Crippen LogP contribution in [0.2, 0.25) is 0 Å². The van der Waals surface area contributed by atoms with Crippen LogP contribution >= 0.6 is 0 Å². The summed E-state index contributed by atoms with van der Waals surface area (Å²) < 4.78 is 5.32. The number of aromatic nitrogens is 2. The third-order valence-corrected chi connectivity index (χ3v) is 7.24. The van der Waals surface area contributed by atoms with Gasteiger partial charge in [-0.05, 0) is 106 Å². The second-order valence-electron chi connectivity index (χ2n) is 11.5. The van der Waals surface area contributed by atoms with Crippen LogP contribution in [0, 0.1) is 6.92 Å². The maximum atomic E-state index is 10.8. The van der Waals surface area contributed by atoms with E-state index in [1.54, 1.807) is 13.2 Å². The van der Waals surface area contributed by atoms with Gasteiger partial charge in [0.15, 0.2) is 5.82 Å². The summed E-state index contributed by atoms with van der Waals surface area (Å²) >= 11 is 0. The Hall–Kier alpha value is -3.64. The minimum atomic E-state index is -0.0136. The molecule has 6 nitrogen and oxygen atoms in total. The molecule has 0 aliphatic carbocycles. The van der Waals surface area contributed by atoms with Gasteiger partial charge in [0.2, 0.25) is 0 Å². The third kappa shape index (κ3) is 5.12. The van der Waals surface area contributed by atoms with Gasteiger partial charge >= 0.3 is 0 Å². The fourth-order valence-electron chi connectivity index (χ4n) is 5.99. The summed E-state index contributed by atoms with van der Waals surface area (Å²) in [5.74, 6) is 1.73. The van der Waals surface area contributed by atoms with Gasteiger partial charge in [-0.25, -0.2) is 0 Å². The number of piperidine rings is 1. The molecule has 0 atom stereocenters. The molecule has 1 fully saturated rings. The van der Waals surface area contributed by atoms with E-state index in [-0.39, 0.29) is 22.9 Å². The number of nitrogens with zero attached hydrogens (tertiary/aromatic N) is 3. The Morgan fingerprint density at radius 1 is 0.892 bits per heavy atom. The van der Waals surface area contributed by atoms with Crippen LogP contribution in [0.5, 0.6) is 11.5 Å². The third-order valence-electron chi connectivity index (χ3n) is 7.24. The molecule has 1 saturated heterocycles. The van der Waals surface area contributed by atoms with E-state index in [2.05, 4.69) is 74.2 Å². The minimum absolute atomic E-state index is 0.0136. The van der Waals surface area contributed by atoms with Crippen molar-refractivity contribution < 1.29 is 9.84 Å². The van der Waals surface area contributed by atoms with Crippen LogP contribution in [-0.4, -0.2) is 39.5 Å². The number of nitrogens with one attached hydrogen (secondary N) is 1. The van der Waals surface area contributed by atoms with E-state index in [1.165, 1.54) is 5.56 Å². The van der Waals surface area contributed by atoms with Crippen LogP contribution in [-0.2, 0) is 0 Å². The Morgan fingerprint density at radius 2 is 1.62 bits per heavy atom. The first-order valence-corrected chi connectivity index (χ1v) is 12.8. The number of rotatable bonds is 5. The van der Waals surface area contributed by atoms with Gasteiger partial charge in [-0.1, -0.05) is 24.3 Å². The molecule has 0 unspecified atom stereocenters. The number of aryl methyl sites for hydroxylation is 1. The van der Waals surface area contributed by atoms with Gasteiger partial charge in [-0.15, -0.1) is 10.2 Å². The summed E-state index contributed by atoms with van der Waals surface area (Å²) in [7, 11) is 1.64. The second kappa shape index (κ2) is 9.34. The number of benzene rings is 3. The fraction of sp³-hybridized carbons (Fsp3) is 0.355. The van der Waals surface area contributed by atoms with Crippen LogP contribution in [0.25, 0.3) is 22.0 Å². The number of methoxy groups -OCH3 is 1. The van der Waals surface area contributed by atoms with E-state index in [0.717, 1.165) is 40.9 Å². The van der Waals surface area contributed by atoms with Crippen molar-refractivity contribution in [2.45, 2.75) is 64.6 Å². The molecule has 6 heteroatoms. The van der Waals surface area contributed by atoms with Crippen molar-refractivity contribution in [2.24, 2.45) is 0 Å². The highest BCUT2D eigenvalue weighted by atomic mass is 16.5. The highest BCUT2D eigenvalue weighted by Crippen LogP contribution is 2.39. The van der Waals surface area contributed by atoms with Crippen molar-refractivity contribution in [3.05, 3.63) is 72.3 Å². The monoisotopic (exact) mass is 496 g/mol. The van der Waals surface area contributed by atoms with Gasteiger partial charge in [0, 0.05) is 28.4 Å². The number of ether oxygens (including phenoxy) is 1. The average Bonchev–Trinajstić information content (AvgIpc) is 2.83. The Balaban J connectivity index is 1.55. The van der Waals surface area contributed by atoms with Gasteiger partial charge in [0.05, 0.1) is 12.8 Å². The predicted octanol–water partition coefficient (Wildman–Crippen LogP) is 6.77. The number of anilines is 2. The van der Waals surface area contributed by atoms with Crippen molar-refractivity contribution in [1.29, 1.82) is 0 Å². The molecule has 1 aromatic heterocycles. The zero-order chi connectivity index (χ0) is 26.4. The summed E-state index contributed by atoms with van der Waals surface area (Å²) in [6, 6.07) is 22.2. The van der Waals surface area contributed by atoms with Crippen LogP contribution in [0.1, 0.15) is 46.1 Å². The zero-order valence-corrected chi connectivity index (χ0v) is 22.5. The molecule has 5 rings (SSSR count). The van der Waals surface area contributed by atoms with Crippen LogP contribution in [0.3, 0.4) is 0 Å². The first-order valence-electron chi connectivity index (χ1n) is 12.8. The van der Waals surface area contributed by atoms with Gasteiger partial charge in [0.1, 0.15) is 11.5 Å². The SMILES string of the molecule is COc1ccc2cc(-c3ccc(N(c4ccccc4C)C4CC(C)(C)NC(C)(C)C4)nn3)c(O)cc2c1. The summed E-state index contributed by atoms with van der Waals surface area (Å²) in [6.07, 6.45) is 1.95. The molecular weight excluding hydrogens is 460 g/mol. The lowest BCUT2D eigenvalue weighted by Crippen LogP contribution is -2.61. The van der Waals surface area contributed by atoms with E-state index in [4.69, 9.17) is 9.84 Å². The Morgan fingerprint density at radius 3 is 2.27 bits per heavy atom. The number of hydrogen-bond acceptors (Lipinski definition) is 6. The van der Waals surface area contributed by atoms with Crippen LogP contribution in [0.4, 0.5) is 11.5 Å². The summed E-state index contributed by atoms with van der Waals surface area (Å²) in [5, 5.41) is 25.8. The summed E-state index contributed by atoms with van der Waals surface area (Å²) in [6.45, 7) is 11.2. The quantitative estimate of drug-likeness (QED) is 0.318. The first kappa shape index (κ1) is 25.0. The van der Waals surface area contributed by atoms with Crippen LogP contribution in [0.15, 0.2) is 66.7 Å². The molecular formula is C31H36N4O2. The highest BCUT2D eigenvalue weighted by Gasteiger charge is 2.41. The standard InChI is InChI=1S/C31H36N4O2/c1-20-9-7-8-10-27(20)35(23-18-30(2,3)34-31(4,5)19-23)29-14-13-26(32-33-29)25-16-21-11-12-24(37-6)15-22(21)17-28(25)36/h7-17,23,34,36H,18-19H2,1-6H3. The smallest absolute Gasteiger partial charge is 0.155 e. The Bertz CT molecular complexity index is 1410. The maximum Gasteiger partial charge on any atom is 0.155 e. The van der Waals surface area contributed by atoms with E-state index < -0.39 is 0 Å². The number of phenols is 1. The molecule has 0 bridgehead atoms. The molecule has 4 aromatic rings. The number of para-hydroxylation sites is 1. The predicted molar refractivity (Wildman–Crippen MR) is 151 cm³/mol. The molecule has 37 heavy (non-hydrogen) atoms. The topological polar surface area (TPSA) is 70.5 Å². The van der Waals surface area contributed by atoms with Gasteiger partial charge < -0.3 is 20.1 Å². The molecule has 3 aromatic carbocycles. The molecule has 1 aliphatic rings. The first-order chi connectivity index (χ1) is 17.5. The molecule has 0 radical (unpaired) electrons. The lowest BCUT2D eigenvalue weighted by atomic mass is 9.78. The minimum Gasteiger partial charge on any atom is -0.507 e. The van der Waals surface area contributed by atoms with E-state index >= 15 is 0 Å². The normalized spacial score (nSPS) is 17.0.